The number of rotatable bonds is 5. The van der Waals surface area contributed by atoms with Crippen molar-refractivity contribution in [3.05, 3.63) is 12.7 Å². The van der Waals surface area contributed by atoms with Gasteiger partial charge in [0, 0.05) is 24.3 Å². The maximum atomic E-state index is 13.9. The molecule has 8 heteroatoms. The SMILES string of the molecule is C=C[C@@]1(C)CC(=O)[C@]2(O)C3(C)C(C(O)C(OC(=O)CCN4CCCCC4)[C@@]2(C)O1)C(C)(C)CC[C@@H]3O. The van der Waals surface area contributed by atoms with Gasteiger partial charge in [-0.1, -0.05) is 33.3 Å². The van der Waals surface area contributed by atoms with E-state index in [1.54, 1.807) is 13.8 Å². The molecule has 8 nitrogen and oxygen atoms in total. The molecule has 2 saturated heterocycles. The molecule has 2 aliphatic carbocycles. The number of nitrogens with zero attached hydrogens (tertiary/aromatic N) is 1. The van der Waals surface area contributed by atoms with Crippen LogP contribution >= 0.6 is 0 Å². The van der Waals surface area contributed by atoms with Crippen molar-refractivity contribution < 1.29 is 34.4 Å². The van der Waals surface area contributed by atoms with Crippen LogP contribution in [-0.4, -0.2) is 86.7 Å². The fourth-order valence-electron chi connectivity index (χ4n) is 8.11. The van der Waals surface area contributed by atoms with Crippen molar-refractivity contribution in [2.24, 2.45) is 16.7 Å². The lowest BCUT2D eigenvalue weighted by Crippen LogP contribution is -2.86. The summed E-state index contributed by atoms with van der Waals surface area (Å²) in [4.78, 5) is 29.3. The van der Waals surface area contributed by atoms with Gasteiger partial charge in [-0.2, -0.15) is 0 Å². The molecule has 0 spiro atoms. The number of likely N-dealkylation sites (tertiary alicyclic amines) is 1. The van der Waals surface area contributed by atoms with Crippen LogP contribution in [0.1, 0.15) is 79.6 Å². The molecule has 0 aromatic heterocycles. The fourth-order valence-corrected chi connectivity index (χ4v) is 8.11. The lowest BCUT2D eigenvalue weighted by molar-refractivity contribution is -0.370. The molecule has 204 valence electrons. The van der Waals surface area contributed by atoms with Crippen molar-refractivity contribution in [2.45, 2.75) is 115 Å². The Kier molecular flexibility index (Phi) is 7.05. The van der Waals surface area contributed by atoms with Crippen molar-refractivity contribution in [3.8, 4) is 0 Å². The number of hydrogen-bond acceptors (Lipinski definition) is 8. The Morgan fingerprint density at radius 3 is 2.42 bits per heavy atom. The zero-order valence-electron chi connectivity index (χ0n) is 22.6. The Hall–Kier alpha value is -1.32. The first-order chi connectivity index (χ1) is 16.7. The molecule has 0 bridgehead atoms. The van der Waals surface area contributed by atoms with Crippen LogP contribution < -0.4 is 0 Å². The summed E-state index contributed by atoms with van der Waals surface area (Å²) in [6.07, 6.45) is 2.27. The van der Waals surface area contributed by atoms with Crippen LogP contribution in [-0.2, 0) is 19.1 Å². The van der Waals surface area contributed by atoms with Gasteiger partial charge in [0.15, 0.2) is 17.5 Å². The van der Waals surface area contributed by atoms with Gasteiger partial charge in [-0.15, -0.1) is 6.58 Å². The maximum absolute atomic E-state index is 13.9. The number of Topliss-reactive ketones (excluding diaryl/α,β-unsaturated/α-hetero) is 1. The number of piperidine rings is 1. The molecule has 4 unspecified atom stereocenters. The van der Waals surface area contributed by atoms with E-state index in [9.17, 15) is 24.9 Å². The molecule has 2 saturated carbocycles. The third-order valence-corrected chi connectivity index (χ3v) is 10.1. The normalized spacial score (nSPS) is 46.9. The molecule has 0 radical (unpaired) electrons. The molecular weight excluding hydrogens is 462 g/mol. The van der Waals surface area contributed by atoms with Gasteiger partial charge >= 0.3 is 5.97 Å². The van der Waals surface area contributed by atoms with E-state index in [-0.39, 0.29) is 12.8 Å². The summed E-state index contributed by atoms with van der Waals surface area (Å²) in [6.45, 7) is 15.1. The molecule has 3 N–H and O–H groups in total. The highest BCUT2D eigenvalue weighted by Crippen LogP contribution is 2.67. The van der Waals surface area contributed by atoms with E-state index in [1.165, 1.54) is 19.4 Å². The van der Waals surface area contributed by atoms with Gasteiger partial charge < -0.3 is 29.7 Å². The molecule has 0 aromatic carbocycles. The van der Waals surface area contributed by atoms with E-state index >= 15 is 0 Å². The molecule has 4 fully saturated rings. The van der Waals surface area contributed by atoms with Crippen LogP contribution in [0, 0.1) is 16.7 Å². The standard InChI is InChI=1S/C28H45NO7/c1-7-25(4)17-19(31)28(34)26(5)18(30)11-13-24(2,3)22(26)21(33)23(27(28,6)36-25)35-20(32)12-16-29-14-9-8-10-15-29/h7,18,21-23,30,33-34H,1,8-17H2,2-6H3/t18-,21?,22?,23?,25-,26?,27+,28-/m0/s1. The van der Waals surface area contributed by atoms with Crippen molar-refractivity contribution in [1.29, 1.82) is 0 Å². The van der Waals surface area contributed by atoms with Gasteiger partial charge in [0.1, 0.15) is 5.60 Å². The van der Waals surface area contributed by atoms with E-state index in [0.29, 0.717) is 19.4 Å². The van der Waals surface area contributed by atoms with Crippen molar-refractivity contribution >= 4 is 11.8 Å². The summed E-state index contributed by atoms with van der Waals surface area (Å²) in [5.41, 5.74) is -7.08. The molecule has 8 atom stereocenters. The van der Waals surface area contributed by atoms with Gasteiger partial charge in [-0.05, 0) is 58.0 Å². The Balaban J connectivity index is 1.75. The first-order valence-electron chi connectivity index (χ1n) is 13.5. The smallest absolute Gasteiger partial charge is 0.307 e. The molecule has 4 aliphatic rings. The molecule has 0 aromatic rings. The molecule has 0 amide bonds. The summed E-state index contributed by atoms with van der Waals surface area (Å²) in [5, 5.41) is 35.6. The predicted octanol–water partition coefficient (Wildman–Crippen LogP) is 2.38. The maximum Gasteiger partial charge on any atom is 0.307 e. The number of carbonyl (C=O) groups is 2. The first-order valence-corrected chi connectivity index (χ1v) is 13.5. The molecule has 2 aliphatic heterocycles. The second-order valence-corrected chi connectivity index (χ2v) is 12.9. The summed E-state index contributed by atoms with van der Waals surface area (Å²) < 4.78 is 12.4. The van der Waals surface area contributed by atoms with Gasteiger partial charge in [0.2, 0.25) is 0 Å². The summed E-state index contributed by atoms with van der Waals surface area (Å²) in [7, 11) is 0. The molecule has 2 heterocycles. The number of aliphatic hydroxyl groups excluding tert-OH is 2. The summed E-state index contributed by atoms with van der Waals surface area (Å²) in [5.74, 6) is -1.72. The molecular formula is C28H45NO7. The number of fused-ring (bicyclic) bond motifs is 3. The van der Waals surface area contributed by atoms with Gasteiger partial charge in [-0.25, -0.2) is 0 Å². The average molecular weight is 508 g/mol. The Morgan fingerprint density at radius 1 is 1.17 bits per heavy atom. The Bertz CT molecular complexity index is 900. The zero-order valence-corrected chi connectivity index (χ0v) is 22.6. The lowest BCUT2D eigenvalue weighted by Gasteiger charge is -2.71. The third-order valence-electron chi connectivity index (χ3n) is 10.1. The van der Waals surface area contributed by atoms with Crippen molar-refractivity contribution in [2.75, 3.05) is 19.6 Å². The minimum atomic E-state index is -2.19. The predicted molar refractivity (Wildman–Crippen MR) is 134 cm³/mol. The van der Waals surface area contributed by atoms with E-state index in [1.807, 2.05) is 13.8 Å². The van der Waals surface area contributed by atoms with Crippen LogP contribution in [0.15, 0.2) is 12.7 Å². The van der Waals surface area contributed by atoms with Crippen LogP contribution in [0.3, 0.4) is 0 Å². The van der Waals surface area contributed by atoms with E-state index < -0.39 is 63.6 Å². The number of carbonyl (C=O) groups excluding carboxylic acids is 2. The largest absolute Gasteiger partial charge is 0.456 e. The lowest BCUT2D eigenvalue weighted by atomic mass is 9.40. The van der Waals surface area contributed by atoms with Crippen LogP contribution in [0.2, 0.25) is 0 Å². The van der Waals surface area contributed by atoms with Crippen LogP contribution in [0.4, 0.5) is 0 Å². The first kappa shape index (κ1) is 27.7. The fraction of sp³-hybridized carbons (Fsp3) is 0.857. The number of esters is 1. The minimum Gasteiger partial charge on any atom is -0.456 e. The Morgan fingerprint density at radius 2 is 1.81 bits per heavy atom. The average Bonchev–Trinajstić information content (AvgIpc) is 2.81. The van der Waals surface area contributed by atoms with E-state index in [0.717, 1.165) is 25.9 Å². The molecule has 4 rings (SSSR count). The highest BCUT2D eigenvalue weighted by atomic mass is 16.6. The monoisotopic (exact) mass is 507 g/mol. The number of ketones is 1. The van der Waals surface area contributed by atoms with Crippen molar-refractivity contribution in [3.63, 3.8) is 0 Å². The minimum absolute atomic E-state index is 0.135. The number of ether oxygens (including phenoxy) is 2. The number of hydrogen-bond donors (Lipinski definition) is 3. The summed E-state index contributed by atoms with van der Waals surface area (Å²) in [6, 6.07) is 0. The Labute approximate surface area is 215 Å². The zero-order chi connectivity index (χ0) is 26.7. The van der Waals surface area contributed by atoms with Gasteiger partial charge in [0.25, 0.3) is 0 Å². The summed E-state index contributed by atoms with van der Waals surface area (Å²) >= 11 is 0. The second kappa shape index (κ2) is 9.16. The van der Waals surface area contributed by atoms with Crippen LogP contribution in [0.5, 0.6) is 0 Å². The topological polar surface area (TPSA) is 117 Å². The van der Waals surface area contributed by atoms with Gasteiger partial charge in [0.05, 0.1) is 24.2 Å². The van der Waals surface area contributed by atoms with Crippen molar-refractivity contribution in [1.82, 2.24) is 4.90 Å². The molecule has 36 heavy (non-hydrogen) atoms. The quantitative estimate of drug-likeness (QED) is 0.384. The van der Waals surface area contributed by atoms with E-state index in [2.05, 4.69) is 11.5 Å². The highest BCUT2D eigenvalue weighted by molar-refractivity contribution is 5.92. The number of aliphatic hydroxyl groups is 3. The second-order valence-electron chi connectivity index (χ2n) is 12.9. The highest BCUT2D eigenvalue weighted by Gasteiger charge is 2.81. The third kappa shape index (κ3) is 3.90. The van der Waals surface area contributed by atoms with Gasteiger partial charge in [-0.3, -0.25) is 9.59 Å². The van der Waals surface area contributed by atoms with E-state index in [4.69, 9.17) is 9.47 Å². The van der Waals surface area contributed by atoms with Crippen LogP contribution in [0.25, 0.3) is 0 Å².